The lowest BCUT2D eigenvalue weighted by molar-refractivity contribution is -0.113. The number of thioether (sulfide) groups is 1. The van der Waals surface area contributed by atoms with E-state index in [-0.39, 0.29) is 11.7 Å². The molecule has 0 aliphatic rings. The first kappa shape index (κ1) is 16.3. The summed E-state index contributed by atoms with van der Waals surface area (Å²) < 4.78 is 0. The average molecular weight is 338 g/mol. The van der Waals surface area contributed by atoms with Crippen LogP contribution in [0.25, 0.3) is 11.4 Å². The third-order valence-corrected chi connectivity index (χ3v) is 4.44. The maximum Gasteiger partial charge on any atom is 0.234 e. The Bertz CT molecular complexity index is 825. The molecule has 0 bridgehead atoms. The van der Waals surface area contributed by atoms with Crippen LogP contribution in [-0.2, 0) is 4.79 Å². The van der Waals surface area contributed by atoms with Crippen molar-refractivity contribution in [2.75, 3.05) is 11.1 Å². The molecule has 0 fully saturated rings. The van der Waals surface area contributed by atoms with Crippen molar-refractivity contribution in [3.05, 3.63) is 59.7 Å². The highest BCUT2D eigenvalue weighted by Gasteiger charge is 2.11. The molecule has 1 amide bonds. The molecule has 5 nitrogen and oxygen atoms in total. The van der Waals surface area contributed by atoms with Crippen molar-refractivity contribution < 1.29 is 4.79 Å². The second kappa shape index (κ2) is 7.31. The molecule has 0 spiro atoms. The van der Waals surface area contributed by atoms with Crippen LogP contribution < -0.4 is 5.32 Å². The first-order valence-electron chi connectivity index (χ1n) is 7.60. The summed E-state index contributed by atoms with van der Waals surface area (Å²) in [7, 11) is 0. The molecule has 0 aliphatic heterocycles. The fraction of sp³-hybridized carbons (Fsp3) is 0.167. The zero-order valence-electron chi connectivity index (χ0n) is 13.5. The zero-order valence-corrected chi connectivity index (χ0v) is 14.4. The van der Waals surface area contributed by atoms with Gasteiger partial charge in [-0.2, -0.15) is 0 Å². The number of aromatic nitrogens is 3. The Morgan fingerprint density at radius 2 is 1.79 bits per heavy atom. The van der Waals surface area contributed by atoms with Gasteiger partial charge < -0.3 is 5.32 Å². The van der Waals surface area contributed by atoms with Crippen molar-refractivity contribution in [2.24, 2.45) is 0 Å². The number of hydrogen-bond donors (Lipinski definition) is 2. The maximum atomic E-state index is 12.2. The Balaban J connectivity index is 1.60. The standard InChI is InChI=1S/C18H18N4OS/c1-12-7-6-8-13(2)16(12)19-15(23)11-24-18-20-17(21-22-18)14-9-4-3-5-10-14/h3-10H,11H2,1-2H3,(H,19,23)(H,20,21,22). The smallest absolute Gasteiger partial charge is 0.234 e. The van der Waals surface area contributed by atoms with Crippen molar-refractivity contribution in [3.63, 3.8) is 0 Å². The Morgan fingerprint density at radius 3 is 2.50 bits per heavy atom. The molecule has 0 unspecified atom stereocenters. The predicted molar refractivity (Wildman–Crippen MR) is 97.1 cm³/mol. The lowest BCUT2D eigenvalue weighted by Gasteiger charge is -2.10. The van der Waals surface area contributed by atoms with Gasteiger partial charge in [0.2, 0.25) is 11.1 Å². The van der Waals surface area contributed by atoms with Gasteiger partial charge in [-0.3, -0.25) is 9.89 Å². The Labute approximate surface area is 144 Å². The largest absolute Gasteiger partial charge is 0.325 e. The van der Waals surface area contributed by atoms with E-state index in [4.69, 9.17) is 0 Å². The van der Waals surface area contributed by atoms with Crippen LogP contribution in [-0.4, -0.2) is 26.8 Å². The van der Waals surface area contributed by atoms with Crippen molar-refractivity contribution in [3.8, 4) is 11.4 Å². The Kier molecular flexibility index (Phi) is 4.96. The molecule has 0 saturated heterocycles. The van der Waals surface area contributed by atoms with Gasteiger partial charge in [-0.25, -0.2) is 4.98 Å². The van der Waals surface area contributed by atoms with E-state index in [1.807, 2.05) is 62.4 Å². The highest BCUT2D eigenvalue weighted by Crippen LogP contribution is 2.21. The lowest BCUT2D eigenvalue weighted by Crippen LogP contribution is -2.15. The van der Waals surface area contributed by atoms with Gasteiger partial charge in [-0.05, 0) is 25.0 Å². The van der Waals surface area contributed by atoms with Crippen molar-refractivity contribution in [1.82, 2.24) is 15.2 Å². The summed E-state index contributed by atoms with van der Waals surface area (Å²) >= 11 is 1.31. The van der Waals surface area contributed by atoms with E-state index in [0.29, 0.717) is 11.0 Å². The number of amides is 1. The lowest BCUT2D eigenvalue weighted by atomic mass is 10.1. The quantitative estimate of drug-likeness (QED) is 0.694. The first-order valence-corrected chi connectivity index (χ1v) is 8.59. The number of benzene rings is 2. The van der Waals surface area contributed by atoms with Crippen LogP contribution in [0.1, 0.15) is 11.1 Å². The highest BCUT2D eigenvalue weighted by molar-refractivity contribution is 7.99. The van der Waals surface area contributed by atoms with Crippen LogP contribution in [0.2, 0.25) is 0 Å². The number of aromatic amines is 1. The minimum atomic E-state index is -0.0662. The first-order chi connectivity index (χ1) is 11.6. The molecule has 24 heavy (non-hydrogen) atoms. The summed E-state index contributed by atoms with van der Waals surface area (Å²) in [5, 5.41) is 10.6. The summed E-state index contributed by atoms with van der Waals surface area (Å²) in [6, 6.07) is 15.7. The molecule has 2 N–H and O–H groups in total. The van der Waals surface area contributed by atoms with Crippen molar-refractivity contribution in [1.29, 1.82) is 0 Å². The molecule has 1 aromatic heterocycles. The van der Waals surface area contributed by atoms with E-state index in [2.05, 4.69) is 20.5 Å². The fourth-order valence-electron chi connectivity index (χ4n) is 2.35. The van der Waals surface area contributed by atoms with Crippen LogP contribution in [0.3, 0.4) is 0 Å². The van der Waals surface area contributed by atoms with E-state index in [0.717, 1.165) is 22.4 Å². The van der Waals surface area contributed by atoms with Crippen molar-refractivity contribution in [2.45, 2.75) is 19.0 Å². The topological polar surface area (TPSA) is 70.7 Å². The molecule has 3 rings (SSSR count). The Hall–Kier alpha value is -2.60. The molecule has 2 aromatic carbocycles. The second-order valence-electron chi connectivity index (χ2n) is 5.44. The average Bonchev–Trinajstić information content (AvgIpc) is 3.06. The van der Waals surface area contributed by atoms with Crippen LogP contribution in [0.4, 0.5) is 5.69 Å². The van der Waals surface area contributed by atoms with Crippen LogP contribution in [0.15, 0.2) is 53.7 Å². The molecule has 0 aliphatic carbocycles. The van der Waals surface area contributed by atoms with Gasteiger partial charge in [-0.15, -0.1) is 5.10 Å². The van der Waals surface area contributed by atoms with E-state index >= 15 is 0 Å². The summed E-state index contributed by atoms with van der Waals surface area (Å²) in [4.78, 5) is 16.6. The number of hydrogen-bond acceptors (Lipinski definition) is 4. The predicted octanol–water partition coefficient (Wildman–Crippen LogP) is 3.82. The van der Waals surface area contributed by atoms with E-state index in [1.54, 1.807) is 0 Å². The minimum absolute atomic E-state index is 0.0662. The minimum Gasteiger partial charge on any atom is -0.325 e. The molecule has 0 saturated carbocycles. The third-order valence-electron chi connectivity index (χ3n) is 3.59. The maximum absolute atomic E-state index is 12.2. The highest BCUT2D eigenvalue weighted by atomic mass is 32.2. The fourth-order valence-corrected chi connectivity index (χ4v) is 2.95. The number of para-hydroxylation sites is 1. The van der Waals surface area contributed by atoms with Gasteiger partial charge in [0.15, 0.2) is 5.82 Å². The van der Waals surface area contributed by atoms with Gasteiger partial charge in [0, 0.05) is 11.3 Å². The van der Waals surface area contributed by atoms with Crippen LogP contribution >= 0.6 is 11.8 Å². The molecule has 6 heteroatoms. The molecule has 122 valence electrons. The second-order valence-corrected chi connectivity index (χ2v) is 6.38. The number of nitrogens with zero attached hydrogens (tertiary/aromatic N) is 2. The number of aryl methyl sites for hydroxylation is 2. The Morgan fingerprint density at radius 1 is 1.08 bits per heavy atom. The number of rotatable bonds is 5. The van der Waals surface area contributed by atoms with Gasteiger partial charge >= 0.3 is 0 Å². The summed E-state index contributed by atoms with van der Waals surface area (Å²) in [6.45, 7) is 3.97. The van der Waals surface area contributed by atoms with E-state index < -0.39 is 0 Å². The van der Waals surface area contributed by atoms with Gasteiger partial charge in [0.05, 0.1) is 5.75 Å². The molecular weight excluding hydrogens is 320 g/mol. The van der Waals surface area contributed by atoms with Crippen LogP contribution in [0.5, 0.6) is 0 Å². The van der Waals surface area contributed by atoms with E-state index in [9.17, 15) is 4.79 Å². The van der Waals surface area contributed by atoms with Gasteiger partial charge in [-0.1, -0.05) is 60.3 Å². The SMILES string of the molecule is Cc1cccc(C)c1NC(=O)CSc1n[nH]c(-c2ccccc2)n1. The zero-order chi connectivity index (χ0) is 16.9. The number of carbonyl (C=O) groups is 1. The third kappa shape index (κ3) is 3.83. The number of H-pyrrole nitrogens is 1. The summed E-state index contributed by atoms with van der Waals surface area (Å²) in [6.07, 6.45) is 0. The summed E-state index contributed by atoms with van der Waals surface area (Å²) in [5.41, 5.74) is 3.95. The molecule has 3 aromatic rings. The number of anilines is 1. The van der Waals surface area contributed by atoms with Gasteiger partial charge in [0.1, 0.15) is 0 Å². The molecule has 0 atom stereocenters. The van der Waals surface area contributed by atoms with Crippen molar-refractivity contribution >= 4 is 23.4 Å². The number of nitrogens with one attached hydrogen (secondary N) is 2. The van der Waals surface area contributed by atoms with E-state index in [1.165, 1.54) is 11.8 Å². The monoisotopic (exact) mass is 338 g/mol. The summed E-state index contributed by atoms with van der Waals surface area (Å²) in [5.74, 6) is 0.900. The molecule has 0 radical (unpaired) electrons. The normalized spacial score (nSPS) is 10.6. The molecule has 1 heterocycles. The van der Waals surface area contributed by atoms with Gasteiger partial charge in [0.25, 0.3) is 0 Å². The van der Waals surface area contributed by atoms with Crippen LogP contribution in [0, 0.1) is 13.8 Å². The number of carbonyl (C=O) groups excluding carboxylic acids is 1. The molecular formula is C18H18N4OS.